The van der Waals surface area contributed by atoms with E-state index in [9.17, 15) is 18.0 Å². The third-order valence-electron chi connectivity index (χ3n) is 5.16. The number of hydrogen-bond donors (Lipinski definition) is 1. The Morgan fingerprint density at radius 1 is 1.19 bits per heavy atom. The van der Waals surface area contributed by atoms with Crippen molar-refractivity contribution in [2.24, 2.45) is 5.73 Å². The fourth-order valence-electron chi connectivity index (χ4n) is 3.84. The highest BCUT2D eigenvalue weighted by atomic mass is 32.1. The van der Waals surface area contributed by atoms with Crippen LogP contribution in [0.25, 0.3) is 11.1 Å². The first-order chi connectivity index (χ1) is 14.7. The molecule has 0 atom stereocenters. The van der Waals surface area contributed by atoms with E-state index < -0.39 is 12.3 Å². The lowest BCUT2D eigenvalue weighted by Crippen LogP contribution is -2.17. The number of carbonyl (C=O) groups is 1. The maximum Gasteiger partial charge on any atom is 0.573 e. The van der Waals surface area contributed by atoms with Crippen LogP contribution in [-0.2, 0) is 19.4 Å². The number of aryl methyl sites for hydroxylation is 1. The fraction of sp³-hybridized carbons (Fsp3) is 0.348. The van der Waals surface area contributed by atoms with Gasteiger partial charge in [-0.2, -0.15) is 0 Å². The zero-order chi connectivity index (χ0) is 22.6. The molecule has 0 saturated carbocycles. The molecule has 0 aliphatic rings. The number of amides is 1. The Labute approximate surface area is 183 Å². The topological polar surface area (TPSA) is 57.2 Å². The van der Waals surface area contributed by atoms with Crippen LogP contribution in [-0.4, -0.2) is 16.8 Å². The van der Waals surface area contributed by atoms with Gasteiger partial charge in [0.25, 0.3) is 5.91 Å². The molecular weight excluding hydrogens is 425 g/mol. The third kappa shape index (κ3) is 5.50. The summed E-state index contributed by atoms with van der Waals surface area (Å²) in [6.07, 6.45) is -1.49. The number of halogens is 3. The van der Waals surface area contributed by atoms with Gasteiger partial charge in [-0.05, 0) is 55.3 Å². The van der Waals surface area contributed by atoms with E-state index in [1.54, 1.807) is 17.4 Å². The van der Waals surface area contributed by atoms with Crippen molar-refractivity contribution < 1.29 is 22.7 Å². The summed E-state index contributed by atoms with van der Waals surface area (Å²) in [5, 5.41) is 2.02. The highest BCUT2D eigenvalue weighted by molar-refractivity contribution is 7.09. The van der Waals surface area contributed by atoms with E-state index in [-0.39, 0.29) is 5.75 Å². The molecule has 0 aliphatic heterocycles. The van der Waals surface area contributed by atoms with Gasteiger partial charge in [0.1, 0.15) is 5.75 Å². The Kier molecular flexibility index (Phi) is 7.10. The van der Waals surface area contributed by atoms with Gasteiger partial charge in [-0.3, -0.25) is 4.79 Å². The van der Waals surface area contributed by atoms with Crippen LogP contribution in [0.2, 0.25) is 0 Å². The Morgan fingerprint density at radius 2 is 1.97 bits per heavy atom. The maximum absolute atomic E-state index is 12.7. The standard InChI is InChI=1S/C23H25F3N2O2S/c1-3-4-10-19-21(16-7-5-8-17(14-16)30-23(24,25)26)20(22(27)29)15(2)28(19)12-11-18-9-6-13-31-18/h5-9,13-14H,3-4,10-12H2,1-2H3,(H2,27,29). The number of carbonyl (C=O) groups excluding carboxylic acids is 1. The van der Waals surface area contributed by atoms with Crippen LogP contribution in [0, 0.1) is 6.92 Å². The molecule has 0 radical (unpaired) electrons. The lowest BCUT2D eigenvalue weighted by molar-refractivity contribution is -0.274. The number of rotatable bonds is 9. The van der Waals surface area contributed by atoms with Gasteiger partial charge in [0.2, 0.25) is 0 Å². The minimum atomic E-state index is -4.79. The van der Waals surface area contributed by atoms with E-state index in [2.05, 4.69) is 22.3 Å². The molecule has 1 amide bonds. The van der Waals surface area contributed by atoms with Gasteiger partial charge in [0.05, 0.1) is 5.56 Å². The van der Waals surface area contributed by atoms with E-state index in [1.165, 1.54) is 23.1 Å². The van der Waals surface area contributed by atoms with Crippen molar-refractivity contribution >= 4 is 17.2 Å². The summed E-state index contributed by atoms with van der Waals surface area (Å²) < 4.78 is 44.4. The Hall–Kier alpha value is -2.74. The number of ether oxygens (including phenoxy) is 1. The van der Waals surface area contributed by atoms with Crippen molar-refractivity contribution in [2.75, 3.05) is 0 Å². The molecule has 3 aromatic rings. The predicted octanol–water partition coefficient (Wildman–Crippen LogP) is 6.11. The molecule has 0 bridgehead atoms. The molecule has 0 unspecified atom stereocenters. The predicted molar refractivity (Wildman–Crippen MR) is 116 cm³/mol. The van der Waals surface area contributed by atoms with Gasteiger partial charge in [0.15, 0.2) is 0 Å². The largest absolute Gasteiger partial charge is 0.573 e. The summed E-state index contributed by atoms with van der Waals surface area (Å²) in [6, 6.07) is 9.78. The van der Waals surface area contributed by atoms with E-state index in [4.69, 9.17) is 5.73 Å². The number of nitrogens with zero attached hydrogens (tertiary/aromatic N) is 1. The van der Waals surface area contributed by atoms with E-state index in [0.29, 0.717) is 29.7 Å². The van der Waals surface area contributed by atoms with Crippen molar-refractivity contribution in [3.05, 3.63) is 63.6 Å². The Morgan fingerprint density at radius 3 is 2.58 bits per heavy atom. The lowest BCUT2D eigenvalue weighted by Gasteiger charge is -2.14. The van der Waals surface area contributed by atoms with Crippen LogP contribution >= 0.6 is 11.3 Å². The van der Waals surface area contributed by atoms with Gasteiger partial charge in [0, 0.05) is 28.4 Å². The van der Waals surface area contributed by atoms with Crippen LogP contribution in [0.3, 0.4) is 0 Å². The molecule has 0 fully saturated rings. The minimum Gasteiger partial charge on any atom is -0.406 e. The number of thiophene rings is 1. The first kappa shape index (κ1) is 22.9. The van der Waals surface area contributed by atoms with Crippen molar-refractivity contribution in [3.63, 3.8) is 0 Å². The van der Waals surface area contributed by atoms with Gasteiger partial charge in [-0.1, -0.05) is 31.5 Å². The molecular formula is C23H25F3N2O2S. The van der Waals surface area contributed by atoms with Crippen LogP contribution in [0.5, 0.6) is 5.75 Å². The van der Waals surface area contributed by atoms with Crippen molar-refractivity contribution in [1.29, 1.82) is 0 Å². The molecule has 3 rings (SSSR count). The molecule has 8 heteroatoms. The monoisotopic (exact) mass is 450 g/mol. The van der Waals surface area contributed by atoms with E-state index in [0.717, 1.165) is 30.7 Å². The van der Waals surface area contributed by atoms with Crippen molar-refractivity contribution in [1.82, 2.24) is 4.57 Å². The van der Waals surface area contributed by atoms with Crippen LogP contribution < -0.4 is 10.5 Å². The minimum absolute atomic E-state index is 0.328. The zero-order valence-electron chi connectivity index (χ0n) is 17.5. The molecule has 1 aromatic carbocycles. The summed E-state index contributed by atoms with van der Waals surface area (Å²) in [5.74, 6) is -0.923. The second-order valence-electron chi connectivity index (χ2n) is 7.31. The number of nitrogens with two attached hydrogens (primary N) is 1. The number of aromatic nitrogens is 1. The van der Waals surface area contributed by atoms with Gasteiger partial charge >= 0.3 is 6.36 Å². The van der Waals surface area contributed by atoms with Crippen molar-refractivity contribution in [2.45, 2.75) is 52.4 Å². The van der Waals surface area contributed by atoms with Gasteiger partial charge in [-0.25, -0.2) is 0 Å². The average molecular weight is 451 g/mol. The highest BCUT2D eigenvalue weighted by Crippen LogP contribution is 2.36. The third-order valence-corrected chi connectivity index (χ3v) is 6.10. The Balaban J connectivity index is 2.12. The Bertz CT molecular complexity index is 1040. The summed E-state index contributed by atoms with van der Waals surface area (Å²) in [6.45, 7) is 4.56. The molecule has 31 heavy (non-hydrogen) atoms. The molecule has 2 N–H and O–H groups in total. The van der Waals surface area contributed by atoms with Crippen LogP contribution in [0.4, 0.5) is 13.2 Å². The first-order valence-electron chi connectivity index (χ1n) is 10.1. The SMILES string of the molecule is CCCCc1c(-c2cccc(OC(F)(F)F)c2)c(C(N)=O)c(C)n1CCc1cccs1. The second kappa shape index (κ2) is 9.60. The quantitative estimate of drug-likeness (QED) is 0.428. The number of benzene rings is 1. The fourth-order valence-corrected chi connectivity index (χ4v) is 4.54. The summed E-state index contributed by atoms with van der Waals surface area (Å²) in [4.78, 5) is 13.6. The normalized spacial score (nSPS) is 11.6. The number of unbranched alkanes of at least 4 members (excludes halogenated alkanes) is 1. The summed E-state index contributed by atoms with van der Waals surface area (Å²) in [7, 11) is 0. The number of hydrogen-bond acceptors (Lipinski definition) is 3. The van der Waals surface area contributed by atoms with Crippen LogP contribution in [0.1, 0.15) is 46.4 Å². The first-order valence-corrected chi connectivity index (χ1v) is 11.0. The molecule has 166 valence electrons. The maximum atomic E-state index is 12.7. The van der Waals surface area contributed by atoms with E-state index in [1.807, 2.05) is 18.4 Å². The van der Waals surface area contributed by atoms with E-state index >= 15 is 0 Å². The molecule has 0 aliphatic carbocycles. The van der Waals surface area contributed by atoms with Crippen LogP contribution in [0.15, 0.2) is 41.8 Å². The lowest BCUT2D eigenvalue weighted by atomic mass is 9.97. The van der Waals surface area contributed by atoms with Gasteiger partial charge < -0.3 is 15.0 Å². The smallest absolute Gasteiger partial charge is 0.406 e. The average Bonchev–Trinajstić information content (AvgIpc) is 3.29. The molecule has 2 aromatic heterocycles. The molecule has 0 spiro atoms. The zero-order valence-corrected chi connectivity index (χ0v) is 18.3. The summed E-state index contributed by atoms with van der Waals surface area (Å²) in [5.41, 5.74) is 8.80. The number of primary amides is 1. The second-order valence-corrected chi connectivity index (χ2v) is 8.34. The highest BCUT2D eigenvalue weighted by Gasteiger charge is 2.31. The molecule has 4 nitrogen and oxygen atoms in total. The molecule has 0 saturated heterocycles. The molecule has 2 heterocycles. The van der Waals surface area contributed by atoms with Gasteiger partial charge in [-0.15, -0.1) is 24.5 Å². The van der Waals surface area contributed by atoms with Crippen molar-refractivity contribution in [3.8, 4) is 16.9 Å². The summed E-state index contributed by atoms with van der Waals surface area (Å²) >= 11 is 1.66. The number of alkyl halides is 3.